The topological polar surface area (TPSA) is 32.7 Å². The molecule has 1 aromatic rings. The fraction of sp³-hybridized carbons (Fsp3) is 0.625. The van der Waals surface area contributed by atoms with Crippen molar-refractivity contribution in [2.75, 3.05) is 26.8 Å². The zero-order valence-corrected chi connectivity index (χ0v) is 12.0. The predicted molar refractivity (Wildman–Crippen MR) is 77.0 cm³/mol. The molecule has 1 aliphatic carbocycles. The summed E-state index contributed by atoms with van der Waals surface area (Å²) in [5.41, 5.74) is 0.973. The lowest BCUT2D eigenvalue weighted by Gasteiger charge is -2.29. The number of nitrogens with zero attached hydrogens (tertiary/aromatic N) is 1. The van der Waals surface area contributed by atoms with E-state index in [1.165, 1.54) is 12.8 Å². The normalized spacial score (nSPS) is 18.5. The second-order valence-corrected chi connectivity index (χ2v) is 5.60. The fourth-order valence-electron chi connectivity index (χ4n) is 2.12. The van der Waals surface area contributed by atoms with Gasteiger partial charge in [0.1, 0.15) is 0 Å². The third-order valence-electron chi connectivity index (χ3n) is 3.93. The van der Waals surface area contributed by atoms with Crippen LogP contribution in [0.15, 0.2) is 30.3 Å². The van der Waals surface area contributed by atoms with Crippen molar-refractivity contribution in [3.63, 3.8) is 0 Å². The van der Waals surface area contributed by atoms with Gasteiger partial charge in [0.25, 0.3) is 0 Å². The van der Waals surface area contributed by atoms with E-state index in [4.69, 9.17) is 4.74 Å². The molecule has 19 heavy (non-hydrogen) atoms. The van der Waals surface area contributed by atoms with E-state index in [1.54, 1.807) is 0 Å². The molecule has 0 aliphatic heterocycles. The van der Waals surface area contributed by atoms with Crippen molar-refractivity contribution < 1.29 is 9.84 Å². The third-order valence-corrected chi connectivity index (χ3v) is 3.93. The van der Waals surface area contributed by atoms with Crippen LogP contribution in [0.4, 0.5) is 0 Å². The molecule has 3 nitrogen and oxygen atoms in total. The molecule has 0 spiro atoms. The van der Waals surface area contributed by atoms with Gasteiger partial charge in [-0.15, -0.1) is 0 Å². The highest BCUT2D eigenvalue weighted by Gasteiger charge is 2.22. The summed E-state index contributed by atoms with van der Waals surface area (Å²) in [4.78, 5) is 2.16. The Morgan fingerprint density at radius 1 is 1.32 bits per heavy atom. The highest BCUT2D eigenvalue weighted by molar-refractivity contribution is 5.18. The van der Waals surface area contributed by atoms with Gasteiger partial charge >= 0.3 is 0 Å². The lowest BCUT2D eigenvalue weighted by Crippen LogP contribution is -2.36. The number of hydrogen-bond acceptors (Lipinski definition) is 3. The molecule has 1 aromatic carbocycles. The molecular weight excluding hydrogens is 238 g/mol. The maximum atomic E-state index is 10.3. The number of hydrogen-bond donors (Lipinski definition) is 1. The Bertz CT molecular complexity index is 364. The average molecular weight is 263 g/mol. The van der Waals surface area contributed by atoms with E-state index in [9.17, 15) is 5.11 Å². The van der Waals surface area contributed by atoms with Crippen LogP contribution in [0.3, 0.4) is 0 Å². The fourth-order valence-corrected chi connectivity index (χ4v) is 2.12. The van der Waals surface area contributed by atoms with Gasteiger partial charge in [-0.1, -0.05) is 30.3 Å². The largest absolute Gasteiger partial charge is 0.387 e. The summed E-state index contributed by atoms with van der Waals surface area (Å²) in [5, 5.41) is 10.3. The second-order valence-electron chi connectivity index (χ2n) is 5.60. The molecular formula is C16H25NO2. The Balaban J connectivity index is 1.72. The van der Waals surface area contributed by atoms with E-state index < -0.39 is 6.10 Å². The van der Waals surface area contributed by atoms with Crippen molar-refractivity contribution in [3.8, 4) is 0 Å². The molecule has 2 rings (SSSR count). The minimum absolute atomic E-state index is 0.0897. The summed E-state index contributed by atoms with van der Waals surface area (Å²) in [7, 11) is 2.04. The number of ether oxygens (including phenoxy) is 1. The molecule has 0 bridgehead atoms. The molecule has 0 amide bonds. The van der Waals surface area contributed by atoms with E-state index in [2.05, 4.69) is 11.8 Å². The molecule has 0 aromatic heterocycles. The number of likely N-dealkylation sites (N-methyl/N-ethyl adjacent to an activating group) is 1. The Hall–Kier alpha value is -0.900. The van der Waals surface area contributed by atoms with E-state index in [1.807, 2.05) is 37.4 Å². The Kier molecular flexibility index (Phi) is 5.37. The Morgan fingerprint density at radius 3 is 2.63 bits per heavy atom. The van der Waals surface area contributed by atoms with Crippen molar-refractivity contribution in [2.45, 2.75) is 31.9 Å². The highest BCUT2D eigenvalue weighted by atomic mass is 16.5. The maximum absolute atomic E-state index is 10.3. The molecule has 1 fully saturated rings. The van der Waals surface area contributed by atoms with Gasteiger partial charge in [0.15, 0.2) is 0 Å². The number of benzene rings is 1. The SMILES string of the molecule is CC(C(O)c1ccccc1)N(C)CCOCC1CC1. The monoisotopic (exact) mass is 263 g/mol. The van der Waals surface area contributed by atoms with Crippen molar-refractivity contribution in [2.24, 2.45) is 5.92 Å². The number of aliphatic hydroxyl groups excluding tert-OH is 1. The first-order valence-corrected chi connectivity index (χ1v) is 7.19. The van der Waals surface area contributed by atoms with Gasteiger partial charge in [-0.25, -0.2) is 0 Å². The van der Waals surface area contributed by atoms with Gasteiger partial charge in [-0.05, 0) is 38.3 Å². The van der Waals surface area contributed by atoms with Crippen LogP contribution in [0.1, 0.15) is 31.4 Å². The van der Waals surface area contributed by atoms with Crippen LogP contribution < -0.4 is 0 Å². The first kappa shape index (κ1) is 14.5. The minimum atomic E-state index is -0.449. The standard InChI is InChI=1S/C16H25NO2/c1-13(16(18)15-6-4-3-5-7-15)17(2)10-11-19-12-14-8-9-14/h3-7,13-14,16,18H,8-12H2,1-2H3. The lowest BCUT2D eigenvalue weighted by atomic mass is 10.0. The molecule has 0 heterocycles. The van der Waals surface area contributed by atoms with E-state index in [0.29, 0.717) is 0 Å². The van der Waals surface area contributed by atoms with Crippen molar-refractivity contribution in [1.29, 1.82) is 0 Å². The lowest BCUT2D eigenvalue weighted by molar-refractivity contribution is 0.0449. The summed E-state index contributed by atoms with van der Waals surface area (Å²) < 4.78 is 5.64. The van der Waals surface area contributed by atoms with Crippen LogP contribution in [0.5, 0.6) is 0 Å². The summed E-state index contributed by atoms with van der Waals surface area (Å²) in [6.07, 6.45) is 2.22. The molecule has 0 radical (unpaired) electrons. The van der Waals surface area contributed by atoms with E-state index in [-0.39, 0.29) is 6.04 Å². The highest BCUT2D eigenvalue weighted by Crippen LogP contribution is 2.28. The van der Waals surface area contributed by atoms with Crippen molar-refractivity contribution >= 4 is 0 Å². The molecule has 1 saturated carbocycles. The average Bonchev–Trinajstić information content (AvgIpc) is 3.27. The van der Waals surface area contributed by atoms with Crippen molar-refractivity contribution in [1.82, 2.24) is 4.90 Å². The minimum Gasteiger partial charge on any atom is -0.387 e. The van der Waals surface area contributed by atoms with Gasteiger partial charge in [0.2, 0.25) is 0 Å². The molecule has 1 aliphatic rings. The molecule has 106 valence electrons. The summed E-state index contributed by atoms with van der Waals surface area (Å²) in [5.74, 6) is 0.817. The van der Waals surface area contributed by atoms with E-state index >= 15 is 0 Å². The van der Waals surface area contributed by atoms with Crippen LogP contribution >= 0.6 is 0 Å². The van der Waals surface area contributed by atoms with Gasteiger partial charge in [-0.2, -0.15) is 0 Å². The quantitative estimate of drug-likeness (QED) is 0.731. The van der Waals surface area contributed by atoms with Gasteiger partial charge in [0.05, 0.1) is 12.7 Å². The first-order chi connectivity index (χ1) is 9.18. The maximum Gasteiger partial charge on any atom is 0.0942 e. The number of rotatable bonds is 8. The summed E-state index contributed by atoms with van der Waals surface area (Å²) in [6.45, 7) is 4.57. The Morgan fingerprint density at radius 2 is 2.00 bits per heavy atom. The van der Waals surface area contributed by atoms with E-state index in [0.717, 1.165) is 31.2 Å². The van der Waals surface area contributed by atoms with Crippen LogP contribution in [-0.2, 0) is 4.74 Å². The summed E-state index contributed by atoms with van der Waals surface area (Å²) >= 11 is 0. The van der Waals surface area contributed by atoms with Crippen LogP contribution in [0.2, 0.25) is 0 Å². The number of aliphatic hydroxyl groups is 1. The smallest absolute Gasteiger partial charge is 0.0942 e. The zero-order chi connectivity index (χ0) is 13.7. The van der Waals surface area contributed by atoms with Crippen LogP contribution in [-0.4, -0.2) is 42.9 Å². The zero-order valence-electron chi connectivity index (χ0n) is 12.0. The molecule has 2 atom stereocenters. The van der Waals surface area contributed by atoms with Gasteiger partial charge in [-0.3, -0.25) is 4.90 Å². The van der Waals surface area contributed by atoms with Gasteiger partial charge in [0, 0.05) is 19.2 Å². The van der Waals surface area contributed by atoms with Crippen LogP contribution in [0.25, 0.3) is 0 Å². The molecule has 1 N–H and O–H groups in total. The first-order valence-electron chi connectivity index (χ1n) is 7.19. The Labute approximate surface area is 116 Å². The summed E-state index contributed by atoms with van der Waals surface area (Å²) in [6, 6.07) is 9.92. The third kappa shape index (κ3) is 4.60. The second kappa shape index (κ2) is 7.04. The molecule has 3 heteroatoms. The van der Waals surface area contributed by atoms with Crippen LogP contribution in [0, 0.1) is 5.92 Å². The molecule has 2 unspecified atom stereocenters. The predicted octanol–water partition coefficient (Wildman–Crippen LogP) is 2.47. The molecule has 0 saturated heterocycles. The van der Waals surface area contributed by atoms with Gasteiger partial charge < -0.3 is 9.84 Å². The van der Waals surface area contributed by atoms with Crippen molar-refractivity contribution in [3.05, 3.63) is 35.9 Å².